The third-order valence-electron chi connectivity index (χ3n) is 3.40. The minimum atomic E-state index is -0.259. The van der Waals surface area contributed by atoms with E-state index in [1.807, 2.05) is 0 Å². The van der Waals surface area contributed by atoms with Crippen LogP contribution in [-0.4, -0.2) is 12.1 Å². The van der Waals surface area contributed by atoms with E-state index in [4.69, 9.17) is 4.74 Å². The highest BCUT2D eigenvalue weighted by Crippen LogP contribution is 2.44. The summed E-state index contributed by atoms with van der Waals surface area (Å²) < 4.78 is 5.24. The maximum absolute atomic E-state index is 10.9. The van der Waals surface area contributed by atoms with Crippen molar-refractivity contribution in [1.29, 1.82) is 0 Å². The van der Waals surface area contributed by atoms with E-state index in [1.165, 1.54) is 25.3 Å². The fourth-order valence-corrected chi connectivity index (χ4v) is 2.81. The summed E-state index contributed by atoms with van der Waals surface area (Å²) in [5, 5.41) is 0. The van der Waals surface area contributed by atoms with Crippen LogP contribution in [0.2, 0.25) is 0 Å². The quantitative estimate of drug-likeness (QED) is 0.481. The van der Waals surface area contributed by atoms with Gasteiger partial charge in [-0.2, -0.15) is 0 Å². The third-order valence-corrected chi connectivity index (χ3v) is 3.40. The molecule has 13 heavy (non-hydrogen) atoms. The van der Waals surface area contributed by atoms with Crippen molar-refractivity contribution in [3.63, 3.8) is 0 Å². The topological polar surface area (TPSA) is 26.3 Å². The summed E-state index contributed by atoms with van der Waals surface area (Å²) in [7, 11) is 0. The standard InChI is InChI=1S/C11H16O2/c1-2-11(12)13-10-6-8-4-3-5-9(8)7-10/h2,8-10H,1,3-7H2. The Morgan fingerprint density at radius 1 is 1.31 bits per heavy atom. The molecule has 2 heteroatoms. The average Bonchev–Trinajstić information content (AvgIpc) is 2.63. The van der Waals surface area contributed by atoms with Crippen LogP contribution < -0.4 is 0 Å². The lowest BCUT2D eigenvalue weighted by atomic mass is 10.0. The molecule has 0 N–H and O–H groups in total. The predicted octanol–water partition coefficient (Wildman–Crippen LogP) is 2.29. The lowest BCUT2D eigenvalue weighted by molar-refractivity contribution is -0.142. The van der Waals surface area contributed by atoms with Crippen molar-refractivity contribution in [2.24, 2.45) is 11.8 Å². The van der Waals surface area contributed by atoms with Crippen LogP contribution in [0.4, 0.5) is 0 Å². The first-order valence-corrected chi connectivity index (χ1v) is 5.12. The zero-order valence-corrected chi connectivity index (χ0v) is 7.87. The van der Waals surface area contributed by atoms with E-state index in [9.17, 15) is 4.79 Å². The number of hydrogen-bond donors (Lipinski definition) is 0. The Balaban J connectivity index is 1.85. The minimum absolute atomic E-state index is 0.181. The molecule has 0 bridgehead atoms. The van der Waals surface area contributed by atoms with Crippen molar-refractivity contribution in [2.75, 3.05) is 0 Å². The molecular weight excluding hydrogens is 164 g/mol. The second-order valence-corrected chi connectivity index (χ2v) is 4.19. The summed E-state index contributed by atoms with van der Waals surface area (Å²) in [6.45, 7) is 3.40. The molecule has 0 aliphatic heterocycles. The SMILES string of the molecule is C=CC(=O)OC1CC2CCCC2C1. The van der Waals surface area contributed by atoms with Gasteiger partial charge in [0.1, 0.15) is 6.10 Å². The molecule has 0 saturated heterocycles. The molecule has 2 atom stereocenters. The summed E-state index contributed by atoms with van der Waals surface area (Å²) in [6.07, 6.45) is 7.67. The van der Waals surface area contributed by atoms with Crippen molar-refractivity contribution in [1.82, 2.24) is 0 Å². The normalized spacial score (nSPS) is 37.1. The second kappa shape index (κ2) is 3.52. The van der Waals surface area contributed by atoms with E-state index >= 15 is 0 Å². The fourth-order valence-electron chi connectivity index (χ4n) is 2.81. The Morgan fingerprint density at radius 2 is 1.92 bits per heavy atom. The Labute approximate surface area is 79.0 Å². The molecule has 0 heterocycles. The van der Waals surface area contributed by atoms with Gasteiger partial charge in [-0.1, -0.05) is 25.8 Å². The number of fused-ring (bicyclic) bond motifs is 1. The van der Waals surface area contributed by atoms with Crippen LogP contribution in [0, 0.1) is 11.8 Å². The number of carbonyl (C=O) groups is 1. The van der Waals surface area contributed by atoms with E-state index in [-0.39, 0.29) is 12.1 Å². The first kappa shape index (κ1) is 8.79. The molecule has 2 saturated carbocycles. The average molecular weight is 180 g/mol. The maximum Gasteiger partial charge on any atom is 0.330 e. The minimum Gasteiger partial charge on any atom is -0.459 e. The van der Waals surface area contributed by atoms with Crippen LogP contribution >= 0.6 is 0 Å². The highest BCUT2D eigenvalue weighted by atomic mass is 16.5. The molecule has 0 amide bonds. The molecule has 72 valence electrons. The van der Waals surface area contributed by atoms with Crippen LogP contribution in [0.3, 0.4) is 0 Å². The molecule has 0 aromatic rings. The Bertz CT molecular complexity index is 210. The van der Waals surface area contributed by atoms with E-state index < -0.39 is 0 Å². The van der Waals surface area contributed by atoms with Gasteiger partial charge in [0.05, 0.1) is 0 Å². The molecular formula is C11H16O2. The Hall–Kier alpha value is -0.790. The third kappa shape index (κ3) is 1.77. The number of esters is 1. The lowest BCUT2D eigenvalue weighted by Crippen LogP contribution is -2.13. The van der Waals surface area contributed by atoms with Gasteiger partial charge < -0.3 is 4.74 Å². The van der Waals surface area contributed by atoms with Crippen molar-refractivity contribution in [3.8, 4) is 0 Å². The number of rotatable bonds is 2. The molecule has 0 radical (unpaired) electrons. The van der Waals surface area contributed by atoms with Gasteiger partial charge in [-0.25, -0.2) is 4.79 Å². The van der Waals surface area contributed by atoms with Gasteiger partial charge in [-0.05, 0) is 24.7 Å². The summed E-state index contributed by atoms with van der Waals surface area (Å²) in [5.74, 6) is 1.41. The molecule has 2 fully saturated rings. The summed E-state index contributed by atoms with van der Waals surface area (Å²) >= 11 is 0. The molecule has 2 aliphatic carbocycles. The summed E-state index contributed by atoms with van der Waals surface area (Å²) in [6, 6.07) is 0. The summed E-state index contributed by atoms with van der Waals surface area (Å²) in [5.41, 5.74) is 0. The second-order valence-electron chi connectivity index (χ2n) is 4.19. The Kier molecular flexibility index (Phi) is 2.38. The van der Waals surface area contributed by atoms with E-state index in [1.54, 1.807) is 0 Å². The van der Waals surface area contributed by atoms with Gasteiger partial charge in [0.2, 0.25) is 0 Å². The number of hydrogen-bond acceptors (Lipinski definition) is 2. The zero-order valence-electron chi connectivity index (χ0n) is 7.87. The van der Waals surface area contributed by atoms with Crippen molar-refractivity contribution in [2.45, 2.75) is 38.2 Å². The van der Waals surface area contributed by atoms with Gasteiger partial charge in [0, 0.05) is 6.08 Å². The lowest BCUT2D eigenvalue weighted by Gasteiger charge is -2.10. The van der Waals surface area contributed by atoms with E-state index in [0.29, 0.717) is 0 Å². The van der Waals surface area contributed by atoms with Crippen LogP contribution in [0.5, 0.6) is 0 Å². The van der Waals surface area contributed by atoms with Crippen LogP contribution in [0.15, 0.2) is 12.7 Å². The molecule has 2 rings (SSSR count). The smallest absolute Gasteiger partial charge is 0.330 e. The molecule has 2 unspecified atom stereocenters. The number of carbonyl (C=O) groups excluding carboxylic acids is 1. The predicted molar refractivity (Wildman–Crippen MR) is 50.1 cm³/mol. The summed E-state index contributed by atoms with van der Waals surface area (Å²) in [4.78, 5) is 10.9. The number of ether oxygens (including phenoxy) is 1. The first-order chi connectivity index (χ1) is 6.29. The van der Waals surface area contributed by atoms with Crippen molar-refractivity contribution in [3.05, 3.63) is 12.7 Å². The van der Waals surface area contributed by atoms with Crippen LogP contribution in [0.25, 0.3) is 0 Å². The van der Waals surface area contributed by atoms with Crippen LogP contribution in [0.1, 0.15) is 32.1 Å². The largest absolute Gasteiger partial charge is 0.459 e. The first-order valence-electron chi connectivity index (χ1n) is 5.12. The maximum atomic E-state index is 10.9. The van der Waals surface area contributed by atoms with Gasteiger partial charge in [-0.15, -0.1) is 0 Å². The molecule has 2 nitrogen and oxygen atoms in total. The van der Waals surface area contributed by atoms with Gasteiger partial charge in [-0.3, -0.25) is 0 Å². The zero-order chi connectivity index (χ0) is 9.26. The van der Waals surface area contributed by atoms with Gasteiger partial charge >= 0.3 is 5.97 Å². The molecule has 0 spiro atoms. The van der Waals surface area contributed by atoms with Crippen molar-refractivity contribution >= 4 is 5.97 Å². The van der Waals surface area contributed by atoms with Crippen molar-refractivity contribution < 1.29 is 9.53 Å². The fraction of sp³-hybridized carbons (Fsp3) is 0.727. The monoisotopic (exact) mass is 180 g/mol. The van der Waals surface area contributed by atoms with Gasteiger partial charge in [0.15, 0.2) is 0 Å². The Morgan fingerprint density at radius 3 is 2.46 bits per heavy atom. The molecule has 0 aromatic heterocycles. The highest BCUT2D eigenvalue weighted by molar-refractivity contribution is 5.81. The van der Waals surface area contributed by atoms with Gasteiger partial charge in [0.25, 0.3) is 0 Å². The van der Waals surface area contributed by atoms with Crippen LogP contribution in [-0.2, 0) is 9.53 Å². The van der Waals surface area contributed by atoms with E-state index in [0.717, 1.165) is 24.7 Å². The molecule has 2 aliphatic rings. The van der Waals surface area contributed by atoms with E-state index in [2.05, 4.69) is 6.58 Å². The highest BCUT2D eigenvalue weighted by Gasteiger charge is 2.38. The molecule has 0 aromatic carbocycles.